The van der Waals surface area contributed by atoms with Crippen molar-refractivity contribution in [2.45, 2.75) is 6.43 Å². The molecule has 1 aromatic rings. The van der Waals surface area contributed by atoms with Gasteiger partial charge in [0.2, 0.25) is 0 Å². The minimum atomic E-state index is -2.59. The van der Waals surface area contributed by atoms with Crippen molar-refractivity contribution >= 4 is 23.1 Å². The van der Waals surface area contributed by atoms with E-state index in [1.807, 2.05) is 0 Å². The molecular weight excluding hydrogens is 280 g/mol. The van der Waals surface area contributed by atoms with E-state index in [-0.39, 0.29) is 35.3 Å². The molecule has 0 atom stereocenters. The molecule has 0 aliphatic rings. The maximum absolute atomic E-state index is 12.5. The van der Waals surface area contributed by atoms with E-state index in [4.69, 9.17) is 27.6 Å². The fourth-order valence-corrected chi connectivity index (χ4v) is 1.94. The second-order valence-electron chi connectivity index (χ2n) is 3.68. The number of aliphatic hydroxyl groups excluding tert-OH is 1. The van der Waals surface area contributed by atoms with Gasteiger partial charge in [0.25, 0.3) is 6.43 Å². The summed E-state index contributed by atoms with van der Waals surface area (Å²) in [6.07, 6.45) is -2.59. The number of hydrogen-bond acceptors (Lipinski definition) is 4. The first kappa shape index (κ1) is 15.5. The Bertz CT molecular complexity index is 458. The van der Waals surface area contributed by atoms with Crippen molar-refractivity contribution in [2.75, 3.05) is 24.6 Å². The highest BCUT2D eigenvalue weighted by atomic mass is 35.5. The van der Waals surface area contributed by atoms with Gasteiger partial charge in [-0.3, -0.25) is 0 Å². The summed E-state index contributed by atoms with van der Waals surface area (Å²) in [5.41, 5.74) is 5.93. The third kappa shape index (κ3) is 3.93. The van der Waals surface area contributed by atoms with Crippen LogP contribution in [-0.4, -0.2) is 42.3 Å². The average Bonchev–Trinajstić information content (AvgIpc) is 2.36. The molecule has 0 aliphatic heterocycles. The Morgan fingerprint density at radius 1 is 1.47 bits per heavy atom. The third-order valence-electron chi connectivity index (χ3n) is 2.42. The quantitative estimate of drug-likeness (QED) is 0.321. The van der Waals surface area contributed by atoms with Crippen LogP contribution >= 0.6 is 11.6 Å². The largest absolute Gasteiger partial charge is 0.409 e. The van der Waals surface area contributed by atoms with Gasteiger partial charge in [-0.15, -0.1) is 0 Å². The van der Waals surface area contributed by atoms with Crippen molar-refractivity contribution in [1.82, 2.24) is 0 Å². The Morgan fingerprint density at radius 2 is 2.16 bits per heavy atom. The molecule has 0 radical (unpaired) electrons. The number of halogens is 3. The standard InChI is InChI=1S/C11H14ClF2N3O2/c12-7-2-1-3-8(10(7)11(15)16-19)17(4-5-18)6-9(13)14/h1-3,9,18-19H,4-6H2,(H2,15,16). The molecule has 0 heterocycles. The second-order valence-corrected chi connectivity index (χ2v) is 4.09. The summed E-state index contributed by atoms with van der Waals surface area (Å²) in [5, 5.41) is 20.7. The highest BCUT2D eigenvalue weighted by Gasteiger charge is 2.19. The van der Waals surface area contributed by atoms with E-state index in [0.717, 1.165) is 0 Å². The topological polar surface area (TPSA) is 82.1 Å². The fourth-order valence-electron chi connectivity index (χ4n) is 1.68. The van der Waals surface area contributed by atoms with Crippen molar-refractivity contribution in [3.05, 3.63) is 28.8 Å². The number of aliphatic hydroxyl groups is 1. The maximum atomic E-state index is 12.5. The number of rotatable bonds is 6. The number of oxime groups is 1. The van der Waals surface area contributed by atoms with Crippen LogP contribution in [0.15, 0.2) is 23.4 Å². The lowest BCUT2D eigenvalue weighted by molar-refractivity contribution is 0.153. The zero-order chi connectivity index (χ0) is 14.4. The van der Waals surface area contributed by atoms with E-state index in [1.165, 1.54) is 17.0 Å². The van der Waals surface area contributed by atoms with E-state index >= 15 is 0 Å². The van der Waals surface area contributed by atoms with E-state index in [2.05, 4.69) is 5.16 Å². The van der Waals surface area contributed by atoms with Crippen LogP contribution in [0.4, 0.5) is 14.5 Å². The molecule has 4 N–H and O–H groups in total. The van der Waals surface area contributed by atoms with Crippen LogP contribution in [0.2, 0.25) is 5.02 Å². The molecule has 0 amide bonds. The maximum Gasteiger partial charge on any atom is 0.255 e. The minimum absolute atomic E-state index is 0.0175. The summed E-state index contributed by atoms with van der Waals surface area (Å²) >= 11 is 5.94. The lowest BCUT2D eigenvalue weighted by Gasteiger charge is -2.26. The SMILES string of the molecule is N/C(=N/O)c1c(Cl)cccc1N(CCO)CC(F)F. The Labute approximate surface area is 113 Å². The van der Waals surface area contributed by atoms with Crippen molar-refractivity contribution in [1.29, 1.82) is 0 Å². The van der Waals surface area contributed by atoms with Crippen LogP contribution in [0.5, 0.6) is 0 Å². The summed E-state index contributed by atoms with van der Waals surface area (Å²) < 4.78 is 25.1. The van der Waals surface area contributed by atoms with E-state index < -0.39 is 13.0 Å². The number of hydrogen-bond donors (Lipinski definition) is 3. The zero-order valence-corrected chi connectivity index (χ0v) is 10.7. The van der Waals surface area contributed by atoms with Crippen LogP contribution in [0.25, 0.3) is 0 Å². The number of amidine groups is 1. The summed E-state index contributed by atoms with van der Waals surface area (Å²) in [6, 6.07) is 4.57. The average molecular weight is 294 g/mol. The molecule has 0 saturated carbocycles. The molecule has 0 unspecified atom stereocenters. The lowest BCUT2D eigenvalue weighted by atomic mass is 10.1. The molecule has 8 heteroatoms. The predicted octanol–water partition coefficient (Wildman–Crippen LogP) is 1.50. The van der Waals surface area contributed by atoms with Crippen molar-refractivity contribution in [2.24, 2.45) is 10.9 Å². The summed E-state index contributed by atoms with van der Waals surface area (Å²) in [4.78, 5) is 1.23. The molecule has 0 bridgehead atoms. The van der Waals surface area contributed by atoms with Gasteiger partial charge in [0, 0.05) is 12.2 Å². The van der Waals surface area contributed by atoms with Crippen LogP contribution in [0.1, 0.15) is 5.56 Å². The van der Waals surface area contributed by atoms with Crippen LogP contribution in [-0.2, 0) is 0 Å². The van der Waals surface area contributed by atoms with Crippen molar-refractivity contribution in [3.63, 3.8) is 0 Å². The molecule has 1 rings (SSSR count). The Hall–Kier alpha value is -1.60. The lowest BCUT2D eigenvalue weighted by Crippen LogP contribution is -2.33. The molecule has 19 heavy (non-hydrogen) atoms. The smallest absolute Gasteiger partial charge is 0.255 e. The summed E-state index contributed by atoms with van der Waals surface area (Å²) in [6.45, 7) is -0.919. The molecule has 0 fully saturated rings. The normalized spacial score (nSPS) is 11.9. The number of benzene rings is 1. The van der Waals surface area contributed by atoms with Crippen molar-refractivity contribution in [3.8, 4) is 0 Å². The number of alkyl halides is 2. The second kappa shape index (κ2) is 7.10. The van der Waals surface area contributed by atoms with E-state index in [1.54, 1.807) is 6.07 Å². The summed E-state index contributed by atoms with van der Waals surface area (Å²) in [5.74, 6) is -0.280. The highest BCUT2D eigenvalue weighted by molar-refractivity contribution is 6.34. The van der Waals surface area contributed by atoms with E-state index in [9.17, 15) is 8.78 Å². The van der Waals surface area contributed by atoms with Crippen LogP contribution < -0.4 is 10.6 Å². The molecule has 0 spiro atoms. The first-order valence-electron chi connectivity index (χ1n) is 5.41. The summed E-state index contributed by atoms with van der Waals surface area (Å²) in [7, 11) is 0. The molecule has 1 aromatic carbocycles. The van der Waals surface area contributed by atoms with Gasteiger partial charge >= 0.3 is 0 Å². The molecule has 106 valence electrons. The number of nitrogens with two attached hydrogens (primary N) is 1. The fraction of sp³-hybridized carbons (Fsp3) is 0.364. The molecule has 0 aromatic heterocycles. The van der Waals surface area contributed by atoms with Crippen LogP contribution in [0.3, 0.4) is 0 Å². The zero-order valence-electron chi connectivity index (χ0n) is 9.93. The van der Waals surface area contributed by atoms with Gasteiger partial charge < -0.3 is 20.9 Å². The molecule has 5 nitrogen and oxygen atoms in total. The number of nitrogens with zero attached hydrogens (tertiary/aromatic N) is 2. The molecule has 0 saturated heterocycles. The Kier molecular flexibility index (Phi) is 5.78. The van der Waals surface area contributed by atoms with Crippen LogP contribution in [0, 0.1) is 0 Å². The van der Waals surface area contributed by atoms with Gasteiger partial charge in [0.15, 0.2) is 5.84 Å². The highest BCUT2D eigenvalue weighted by Crippen LogP contribution is 2.27. The van der Waals surface area contributed by atoms with Crippen molar-refractivity contribution < 1.29 is 19.1 Å². The first-order chi connectivity index (χ1) is 9.01. The van der Waals surface area contributed by atoms with Gasteiger partial charge in [-0.25, -0.2) is 8.78 Å². The predicted molar refractivity (Wildman–Crippen MR) is 69.3 cm³/mol. The number of anilines is 1. The Balaban J connectivity index is 3.25. The van der Waals surface area contributed by atoms with Gasteiger partial charge in [0.05, 0.1) is 23.7 Å². The first-order valence-corrected chi connectivity index (χ1v) is 5.79. The molecule has 0 aliphatic carbocycles. The monoisotopic (exact) mass is 293 g/mol. The van der Waals surface area contributed by atoms with E-state index in [0.29, 0.717) is 0 Å². The van der Waals surface area contributed by atoms with Gasteiger partial charge in [-0.2, -0.15) is 0 Å². The third-order valence-corrected chi connectivity index (χ3v) is 2.74. The van der Waals surface area contributed by atoms with Gasteiger partial charge in [0.1, 0.15) is 0 Å². The minimum Gasteiger partial charge on any atom is -0.409 e. The Morgan fingerprint density at radius 3 is 2.68 bits per heavy atom. The molecular formula is C11H14ClF2N3O2. The van der Waals surface area contributed by atoms with Gasteiger partial charge in [-0.05, 0) is 12.1 Å². The van der Waals surface area contributed by atoms with Gasteiger partial charge in [-0.1, -0.05) is 22.8 Å².